The van der Waals surface area contributed by atoms with Crippen molar-refractivity contribution in [3.63, 3.8) is 0 Å². The maximum absolute atomic E-state index is 14.6. The van der Waals surface area contributed by atoms with Crippen LogP contribution in [0.3, 0.4) is 0 Å². The molecule has 2 fully saturated rings. The lowest BCUT2D eigenvalue weighted by molar-refractivity contribution is 0.0938. The summed E-state index contributed by atoms with van der Waals surface area (Å²) in [7, 11) is 0. The zero-order valence-electron chi connectivity index (χ0n) is 21.6. The molecule has 1 saturated carbocycles. The molecule has 1 aromatic carbocycles. The highest BCUT2D eigenvalue weighted by atomic mass is 19.3. The van der Waals surface area contributed by atoms with Crippen molar-refractivity contribution in [2.75, 3.05) is 13.1 Å². The van der Waals surface area contributed by atoms with Gasteiger partial charge in [-0.1, -0.05) is 32.0 Å². The molecule has 1 saturated heterocycles. The number of alkyl halides is 2. The number of fused-ring (bicyclic) bond motifs is 1. The second-order valence-corrected chi connectivity index (χ2v) is 11.3. The van der Waals surface area contributed by atoms with E-state index in [1.165, 1.54) is 24.9 Å². The van der Waals surface area contributed by atoms with Crippen LogP contribution >= 0.6 is 0 Å². The van der Waals surface area contributed by atoms with Crippen LogP contribution in [0.25, 0.3) is 5.65 Å². The Hall–Kier alpha value is -2.94. The molecule has 3 heterocycles. The Morgan fingerprint density at radius 2 is 1.89 bits per heavy atom. The largest absolute Gasteiger partial charge is 0.345 e. The fourth-order valence-electron chi connectivity index (χ4n) is 6.02. The molecule has 37 heavy (non-hydrogen) atoms. The van der Waals surface area contributed by atoms with Crippen LogP contribution < -0.4 is 5.32 Å². The second-order valence-electron chi connectivity index (χ2n) is 11.3. The van der Waals surface area contributed by atoms with Crippen LogP contribution in [0.1, 0.15) is 98.3 Å². The van der Waals surface area contributed by atoms with E-state index in [2.05, 4.69) is 34.1 Å². The van der Waals surface area contributed by atoms with Gasteiger partial charge in [-0.05, 0) is 63.0 Å². The van der Waals surface area contributed by atoms with Crippen LogP contribution in [0, 0.1) is 11.2 Å². The second kappa shape index (κ2) is 10.1. The smallest absolute Gasteiger partial charge is 0.266 e. The van der Waals surface area contributed by atoms with Gasteiger partial charge in [0.2, 0.25) is 0 Å². The molecule has 0 spiro atoms. The van der Waals surface area contributed by atoms with E-state index >= 15 is 0 Å². The van der Waals surface area contributed by atoms with Crippen LogP contribution in [0.2, 0.25) is 0 Å². The van der Waals surface area contributed by atoms with Crippen LogP contribution in [0.15, 0.2) is 36.8 Å². The van der Waals surface area contributed by atoms with Gasteiger partial charge in [0.25, 0.3) is 12.3 Å². The Balaban J connectivity index is 1.33. The van der Waals surface area contributed by atoms with Gasteiger partial charge in [0, 0.05) is 29.9 Å². The molecular weight excluding hydrogens is 479 g/mol. The van der Waals surface area contributed by atoms with E-state index in [4.69, 9.17) is 0 Å². The summed E-state index contributed by atoms with van der Waals surface area (Å²) >= 11 is 0. The van der Waals surface area contributed by atoms with E-state index in [1.54, 1.807) is 17.6 Å². The molecule has 9 heteroatoms. The van der Waals surface area contributed by atoms with Crippen LogP contribution in [-0.2, 0) is 0 Å². The first-order chi connectivity index (χ1) is 17.6. The molecule has 0 radical (unpaired) electrons. The van der Waals surface area contributed by atoms with Gasteiger partial charge >= 0.3 is 0 Å². The summed E-state index contributed by atoms with van der Waals surface area (Å²) in [6.45, 7) is 8.56. The number of rotatable bonds is 6. The number of amides is 1. The fraction of sp³-hybridized carbons (Fsp3) is 0.536. The van der Waals surface area contributed by atoms with E-state index in [0.29, 0.717) is 17.0 Å². The molecule has 5 rings (SSSR count). The summed E-state index contributed by atoms with van der Waals surface area (Å²) in [5.74, 6) is -1.14. The summed E-state index contributed by atoms with van der Waals surface area (Å²) in [5.41, 5.74) is 1.85. The average molecular weight is 514 g/mol. The number of benzene rings is 1. The molecule has 1 N–H and O–H groups in total. The SMILES string of the molecule is C[C@@H](NC(=O)c1cc(C2CCC(N3CCC(C)(C)C3)CC2)c2ncnn2c1)c1cccc(C(F)F)c1F. The number of carbonyl (C=O) groups excluding carboxylic acids is 1. The van der Waals surface area contributed by atoms with Gasteiger partial charge in [-0.2, -0.15) is 5.10 Å². The Labute approximate surface area is 215 Å². The third-order valence-electron chi connectivity index (χ3n) is 8.13. The third-order valence-corrected chi connectivity index (χ3v) is 8.13. The topological polar surface area (TPSA) is 62.5 Å². The highest BCUT2D eigenvalue weighted by Gasteiger charge is 2.35. The zero-order chi connectivity index (χ0) is 26.3. The van der Waals surface area contributed by atoms with Crippen molar-refractivity contribution in [3.05, 3.63) is 64.9 Å². The van der Waals surface area contributed by atoms with Gasteiger partial charge in [-0.25, -0.2) is 22.7 Å². The standard InChI is InChI=1S/C28H34F3N5O/c1-17(21-5-4-6-22(24(21)29)25(30)31)34-27(37)19-13-23(26-32-16-33-36(26)14-19)18-7-9-20(10-8-18)35-12-11-28(2,3)15-35/h4-6,13-14,16-18,20,25H,7-12,15H2,1-3H3,(H,34,37)/t17-,18?,20?/m1/s1. The van der Waals surface area contributed by atoms with Crippen molar-refractivity contribution in [1.82, 2.24) is 24.8 Å². The number of likely N-dealkylation sites (tertiary alicyclic amines) is 1. The van der Waals surface area contributed by atoms with Crippen LogP contribution in [-0.4, -0.2) is 44.5 Å². The minimum atomic E-state index is -2.92. The Morgan fingerprint density at radius 1 is 1.16 bits per heavy atom. The van der Waals surface area contributed by atoms with Gasteiger partial charge < -0.3 is 5.32 Å². The lowest BCUT2D eigenvalue weighted by Gasteiger charge is -2.35. The third kappa shape index (κ3) is 5.23. The summed E-state index contributed by atoms with van der Waals surface area (Å²) in [6.07, 6.45) is 5.63. The van der Waals surface area contributed by atoms with E-state index in [-0.39, 0.29) is 11.5 Å². The molecule has 0 unspecified atom stereocenters. The highest BCUT2D eigenvalue weighted by Crippen LogP contribution is 2.39. The van der Waals surface area contributed by atoms with Crippen molar-refractivity contribution >= 4 is 11.6 Å². The first-order valence-corrected chi connectivity index (χ1v) is 13.1. The van der Waals surface area contributed by atoms with Crippen molar-refractivity contribution in [3.8, 4) is 0 Å². The Bertz CT molecular complexity index is 1280. The number of nitrogens with zero attached hydrogens (tertiary/aromatic N) is 4. The number of hydrogen-bond donors (Lipinski definition) is 1. The number of aromatic nitrogens is 3. The van der Waals surface area contributed by atoms with E-state index in [1.807, 2.05) is 6.07 Å². The predicted octanol–water partition coefficient (Wildman–Crippen LogP) is 6.06. The lowest BCUT2D eigenvalue weighted by Crippen LogP contribution is -2.37. The summed E-state index contributed by atoms with van der Waals surface area (Å²) in [6, 6.07) is 5.52. The average Bonchev–Trinajstić information content (AvgIpc) is 3.49. The minimum Gasteiger partial charge on any atom is -0.345 e. The number of pyridine rings is 1. The number of carbonyl (C=O) groups is 1. The van der Waals surface area contributed by atoms with Crippen molar-refractivity contribution < 1.29 is 18.0 Å². The lowest BCUT2D eigenvalue weighted by atomic mass is 9.81. The summed E-state index contributed by atoms with van der Waals surface area (Å²) < 4.78 is 42.5. The van der Waals surface area contributed by atoms with Crippen LogP contribution in [0.5, 0.6) is 0 Å². The van der Waals surface area contributed by atoms with Crippen molar-refractivity contribution in [1.29, 1.82) is 0 Å². The molecular formula is C28H34F3N5O. The molecule has 198 valence electrons. The maximum atomic E-state index is 14.6. The molecule has 0 bridgehead atoms. The normalized spacial score (nSPS) is 23.0. The molecule has 2 aliphatic rings. The van der Waals surface area contributed by atoms with E-state index < -0.39 is 29.8 Å². The van der Waals surface area contributed by atoms with E-state index in [0.717, 1.165) is 56.0 Å². The maximum Gasteiger partial charge on any atom is 0.266 e. The molecule has 1 amide bonds. The molecule has 1 aliphatic heterocycles. The molecule has 6 nitrogen and oxygen atoms in total. The van der Waals surface area contributed by atoms with Gasteiger partial charge in [-0.15, -0.1) is 0 Å². The fourth-order valence-corrected chi connectivity index (χ4v) is 6.02. The number of nitrogens with one attached hydrogen (secondary N) is 1. The van der Waals surface area contributed by atoms with Crippen molar-refractivity contribution in [2.24, 2.45) is 5.41 Å². The molecule has 1 aliphatic carbocycles. The molecule has 1 atom stereocenters. The predicted molar refractivity (Wildman–Crippen MR) is 135 cm³/mol. The zero-order valence-corrected chi connectivity index (χ0v) is 21.6. The first kappa shape index (κ1) is 25.7. The van der Waals surface area contributed by atoms with Gasteiger partial charge in [0.05, 0.1) is 17.2 Å². The Kier molecular flexibility index (Phi) is 7.00. The summed E-state index contributed by atoms with van der Waals surface area (Å²) in [4.78, 5) is 20.3. The van der Waals surface area contributed by atoms with Gasteiger partial charge in [0.15, 0.2) is 5.65 Å². The first-order valence-electron chi connectivity index (χ1n) is 13.1. The summed E-state index contributed by atoms with van der Waals surface area (Å²) in [5, 5.41) is 7.03. The molecule has 2 aromatic heterocycles. The quantitative estimate of drug-likeness (QED) is 0.436. The highest BCUT2D eigenvalue weighted by molar-refractivity contribution is 5.94. The van der Waals surface area contributed by atoms with E-state index in [9.17, 15) is 18.0 Å². The van der Waals surface area contributed by atoms with Gasteiger partial charge in [-0.3, -0.25) is 9.69 Å². The minimum absolute atomic E-state index is 0.0246. The van der Waals surface area contributed by atoms with Crippen molar-refractivity contribution in [2.45, 2.75) is 77.3 Å². The number of halogens is 3. The van der Waals surface area contributed by atoms with Gasteiger partial charge in [0.1, 0.15) is 12.1 Å². The monoisotopic (exact) mass is 513 g/mol. The van der Waals surface area contributed by atoms with Crippen LogP contribution in [0.4, 0.5) is 13.2 Å². The Morgan fingerprint density at radius 3 is 2.57 bits per heavy atom. The molecule has 3 aromatic rings. The number of hydrogen-bond acceptors (Lipinski definition) is 4.